The van der Waals surface area contributed by atoms with Gasteiger partial charge in [0.2, 0.25) is 10.0 Å². The van der Waals surface area contributed by atoms with E-state index in [4.69, 9.17) is 4.74 Å². The van der Waals surface area contributed by atoms with Crippen LogP contribution in [-0.4, -0.2) is 50.0 Å². The number of rotatable bonds is 4. The quantitative estimate of drug-likeness (QED) is 0.761. The monoisotopic (exact) mass is 419 g/mol. The zero-order valence-corrected chi connectivity index (χ0v) is 17.3. The van der Waals surface area contributed by atoms with Crippen LogP contribution in [0.3, 0.4) is 0 Å². The Balaban J connectivity index is 1.51. The van der Waals surface area contributed by atoms with Crippen molar-refractivity contribution < 1.29 is 17.5 Å². The molecule has 29 heavy (non-hydrogen) atoms. The van der Waals surface area contributed by atoms with Crippen LogP contribution in [0.25, 0.3) is 0 Å². The van der Waals surface area contributed by atoms with E-state index >= 15 is 0 Å². The predicted molar refractivity (Wildman–Crippen MR) is 109 cm³/mol. The number of morpholine rings is 1. The summed E-state index contributed by atoms with van der Waals surface area (Å²) in [6.45, 7) is 4.36. The fraction of sp³-hybridized carbons (Fsp3) is 0.476. The first kappa shape index (κ1) is 20.3. The van der Waals surface area contributed by atoms with Gasteiger partial charge in [-0.25, -0.2) is 17.8 Å². The molecule has 2 fully saturated rings. The molecule has 0 bridgehead atoms. The smallest absolute Gasteiger partial charge is 0.244 e. The average molecular weight is 420 g/mol. The Labute approximate surface area is 171 Å². The molecule has 2 atom stereocenters. The summed E-state index contributed by atoms with van der Waals surface area (Å²) in [7, 11) is -3.49. The second-order valence-electron chi connectivity index (χ2n) is 7.71. The van der Waals surface area contributed by atoms with E-state index in [1.54, 1.807) is 28.6 Å². The fourth-order valence-electron chi connectivity index (χ4n) is 3.97. The maximum atomic E-state index is 13.2. The highest BCUT2D eigenvalue weighted by atomic mass is 32.2. The first-order chi connectivity index (χ1) is 13.9. The number of benzene rings is 1. The lowest BCUT2D eigenvalue weighted by Gasteiger charge is -2.37. The number of hydrogen-bond acceptors (Lipinski definition) is 5. The summed E-state index contributed by atoms with van der Waals surface area (Å²) in [6.07, 6.45) is 4.11. The molecular formula is C21H26FN3O3S. The Kier molecular flexibility index (Phi) is 5.85. The highest BCUT2D eigenvalue weighted by Crippen LogP contribution is 2.29. The Bertz CT molecular complexity index is 929. The van der Waals surface area contributed by atoms with Crippen molar-refractivity contribution in [3.05, 3.63) is 54.0 Å². The maximum Gasteiger partial charge on any atom is 0.244 e. The van der Waals surface area contributed by atoms with Crippen LogP contribution in [0.5, 0.6) is 0 Å². The maximum absolute atomic E-state index is 13.2. The third kappa shape index (κ3) is 4.44. The standard InChI is InChI=1S/C21H26FN3O3S/c1-16-14-24(15-20(28-16)17-5-7-18(22)8-6-17)21-10-9-19(13-23-21)29(26,27)25-11-3-2-4-12-25/h5-10,13,16,20H,2-4,11-12,14-15H2,1H3. The molecule has 4 rings (SSSR count). The number of hydrogen-bond donors (Lipinski definition) is 0. The molecule has 0 N–H and O–H groups in total. The molecule has 2 saturated heterocycles. The highest BCUT2D eigenvalue weighted by molar-refractivity contribution is 7.89. The zero-order valence-electron chi connectivity index (χ0n) is 16.5. The van der Waals surface area contributed by atoms with Crippen molar-refractivity contribution in [3.8, 4) is 0 Å². The van der Waals surface area contributed by atoms with Crippen LogP contribution in [0.15, 0.2) is 47.5 Å². The molecule has 0 radical (unpaired) electrons. The van der Waals surface area contributed by atoms with E-state index < -0.39 is 10.0 Å². The molecule has 0 saturated carbocycles. The zero-order chi connectivity index (χ0) is 20.4. The lowest BCUT2D eigenvalue weighted by atomic mass is 10.1. The first-order valence-electron chi connectivity index (χ1n) is 10.1. The summed E-state index contributed by atoms with van der Waals surface area (Å²) in [5, 5.41) is 0. The molecule has 2 unspecified atom stereocenters. The van der Waals surface area contributed by atoms with Gasteiger partial charge in [-0.1, -0.05) is 18.6 Å². The van der Waals surface area contributed by atoms with E-state index in [9.17, 15) is 12.8 Å². The minimum Gasteiger partial charge on any atom is -0.367 e. The number of piperidine rings is 1. The van der Waals surface area contributed by atoms with Gasteiger partial charge in [0.1, 0.15) is 22.6 Å². The van der Waals surface area contributed by atoms with Crippen LogP contribution in [-0.2, 0) is 14.8 Å². The minimum atomic E-state index is -3.49. The predicted octanol–water partition coefficient (Wildman–Crippen LogP) is 3.36. The molecule has 2 aromatic rings. The van der Waals surface area contributed by atoms with E-state index in [1.165, 1.54) is 18.3 Å². The second-order valence-corrected chi connectivity index (χ2v) is 9.65. The lowest BCUT2D eigenvalue weighted by Crippen LogP contribution is -2.43. The van der Waals surface area contributed by atoms with Gasteiger partial charge in [-0.3, -0.25) is 0 Å². The minimum absolute atomic E-state index is 0.0302. The van der Waals surface area contributed by atoms with E-state index in [0.717, 1.165) is 24.8 Å². The molecule has 3 heterocycles. The fourth-order valence-corrected chi connectivity index (χ4v) is 5.43. The van der Waals surface area contributed by atoms with E-state index in [1.807, 2.05) is 6.92 Å². The van der Waals surface area contributed by atoms with Crippen molar-refractivity contribution in [2.75, 3.05) is 31.1 Å². The highest BCUT2D eigenvalue weighted by Gasteiger charge is 2.29. The number of pyridine rings is 1. The van der Waals surface area contributed by atoms with Gasteiger partial charge in [-0.05, 0) is 49.6 Å². The number of halogens is 1. The summed E-state index contributed by atoms with van der Waals surface area (Å²) < 4.78 is 46.4. The molecule has 156 valence electrons. The van der Waals surface area contributed by atoms with Gasteiger partial charge in [-0.15, -0.1) is 0 Å². The summed E-state index contributed by atoms with van der Waals surface area (Å²) in [4.78, 5) is 6.76. The number of sulfonamides is 1. The largest absolute Gasteiger partial charge is 0.367 e. The van der Waals surface area contributed by atoms with Crippen LogP contribution >= 0.6 is 0 Å². The van der Waals surface area contributed by atoms with E-state index in [-0.39, 0.29) is 22.9 Å². The summed E-state index contributed by atoms with van der Waals surface area (Å²) in [5.41, 5.74) is 0.909. The summed E-state index contributed by atoms with van der Waals surface area (Å²) >= 11 is 0. The van der Waals surface area contributed by atoms with Gasteiger partial charge >= 0.3 is 0 Å². The van der Waals surface area contributed by atoms with Crippen LogP contribution in [0.1, 0.15) is 37.9 Å². The summed E-state index contributed by atoms with van der Waals surface area (Å²) in [6, 6.07) is 9.73. The van der Waals surface area contributed by atoms with Crippen LogP contribution < -0.4 is 4.90 Å². The van der Waals surface area contributed by atoms with Crippen molar-refractivity contribution in [2.45, 2.75) is 43.3 Å². The van der Waals surface area contributed by atoms with Gasteiger partial charge in [-0.2, -0.15) is 4.31 Å². The lowest BCUT2D eigenvalue weighted by molar-refractivity contribution is -0.0176. The van der Waals surface area contributed by atoms with Gasteiger partial charge < -0.3 is 9.64 Å². The van der Waals surface area contributed by atoms with Crippen LogP contribution in [0, 0.1) is 5.82 Å². The molecule has 1 aromatic carbocycles. The number of ether oxygens (including phenoxy) is 1. The van der Waals surface area contributed by atoms with Gasteiger partial charge in [0.15, 0.2) is 0 Å². The number of anilines is 1. The molecule has 0 aliphatic carbocycles. The van der Waals surface area contributed by atoms with Crippen molar-refractivity contribution in [2.24, 2.45) is 0 Å². The third-order valence-corrected chi connectivity index (χ3v) is 7.38. The second kappa shape index (κ2) is 8.38. The summed E-state index contributed by atoms with van der Waals surface area (Å²) in [5.74, 6) is 0.437. The molecule has 2 aliphatic rings. The Morgan fingerprint density at radius 2 is 1.76 bits per heavy atom. The normalized spacial score (nSPS) is 23.9. The molecular weight excluding hydrogens is 393 g/mol. The number of aromatic nitrogens is 1. The topological polar surface area (TPSA) is 62.7 Å². The average Bonchev–Trinajstić information content (AvgIpc) is 2.74. The van der Waals surface area contributed by atoms with Crippen molar-refractivity contribution in [1.82, 2.24) is 9.29 Å². The van der Waals surface area contributed by atoms with Gasteiger partial charge in [0.25, 0.3) is 0 Å². The van der Waals surface area contributed by atoms with Crippen LogP contribution in [0.4, 0.5) is 10.2 Å². The van der Waals surface area contributed by atoms with Gasteiger partial charge in [0.05, 0.1) is 6.10 Å². The Hall–Kier alpha value is -2.03. The molecule has 6 nitrogen and oxygen atoms in total. The molecule has 2 aliphatic heterocycles. The van der Waals surface area contributed by atoms with E-state index in [0.29, 0.717) is 32.0 Å². The molecule has 1 aromatic heterocycles. The Morgan fingerprint density at radius 3 is 2.41 bits per heavy atom. The number of nitrogens with zero attached hydrogens (tertiary/aromatic N) is 3. The van der Waals surface area contributed by atoms with E-state index in [2.05, 4.69) is 9.88 Å². The molecule has 0 amide bonds. The van der Waals surface area contributed by atoms with Crippen molar-refractivity contribution in [3.63, 3.8) is 0 Å². The third-order valence-electron chi connectivity index (χ3n) is 5.50. The SMILES string of the molecule is CC1CN(c2ccc(S(=O)(=O)N3CCCCC3)cn2)CC(c2ccc(F)cc2)O1. The first-order valence-corrected chi connectivity index (χ1v) is 11.5. The Morgan fingerprint density at radius 1 is 1.03 bits per heavy atom. The molecule has 8 heteroatoms. The van der Waals surface area contributed by atoms with Gasteiger partial charge in [0, 0.05) is 32.4 Å². The molecule has 0 spiro atoms. The van der Waals surface area contributed by atoms with Crippen molar-refractivity contribution in [1.29, 1.82) is 0 Å². The van der Waals surface area contributed by atoms with Crippen LogP contribution in [0.2, 0.25) is 0 Å². The van der Waals surface area contributed by atoms with Crippen molar-refractivity contribution >= 4 is 15.8 Å².